The molecule has 1 atom stereocenters. The predicted octanol–water partition coefficient (Wildman–Crippen LogP) is 6.07. The molecule has 4 rings (SSSR count). The fourth-order valence-corrected chi connectivity index (χ4v) is 4.04. The highest BCUT2D eigenvalue weighted by Gasteiger charge is 2.31. The molecule has 0 radical (unpaired) electrons. The average Bonchev–Trinajstić information content (AvgIpc) is 2.46. The molecule has 0 bridgehead atoms. The topological polar surface area (TPSA) is 21.3 Å². The number of allylic oxidation sites excluding steroid dienone is 1. The van der Waals surface area contributed by atoms with Crippen LogP contribution in [0.25, 0.3) is 16.7 Å². The molecule has 0 unspecified atom stereocenters. The van der Waals surface area contributed by atoms with Crippen LogP contribution in [0.1, 0.15) is 44.9 Å². The van der Waals surface area contributed by atoms with Gasteiger partial charge < -0.3 is 10.1 Å². The fraction of sp³-hybridized carbons (Fsp3) is 0.300. The Morgan fingerprint density at radius 2 is 1.91 bits per heavy atom. The van der Waals surface area contributed by atoms with Gasteiger partial charge in [0.15, 0.2) is 0 Å². The second-order valence-corrected chi connectivity index (χ2v) is 7.46. The molecule has 118 valence electrons. The van der Waals surface area contributed by atoms with E-state index in [0.717, 1.165) is 16.3 Å². The summed E-state index contributed by atoms with van der Waals surface area (Å²) in [6, 6.07) is 10.2. The van der Waals surface area contributed by atoms with Crippen LogP contribution in [0.15, 0.2) is 36.4 Å². The van der Waals surface area contributed by atoms with Gasteiger partial charge in [-0.3, -0.25) is 0 Å². The Labute approximate surface area is 142 Å². The van der Waals surface area contributed by atoms with Crippen LogP contribution >= 0.6 is 11.6 Å². The third-order valence-corrected chi connectivity index (χ3v) is 4.85. The van der Waals surface area contributed by atoms with Crippen molar-refractivity contribution in [3.05, 3.63) is 52.6 Å². The van der Waals surface area contributed by atoms with Gasteiger partial charge in [0, 0.05) is 27.4 Å². The number of hydrogen-bond donors (Lipinski definition) is 1. The quantitative estimate of drug-likeness (QED) is 0.635. The average molecular weight is 326 g/mol. The number of ether oxygens (including phenoxy) is 1. The van der Waals surface area contributed by atoms with Gasteiger partial charge in [0.25, 0.3) is 0 Å². The first-order chi connectivity index (χ1) is 10.9. The molecule has 1 N–H and O–H groups in total. The van der Waals surface area contributed by atoms with Crippen molar-refractivity contribution in [2.24, 2.45) is 0 Å². The van der Waals surface area contributed by atoms with Crippen LogP contribution in [0.3, 0.4) is 0 Å². The Balaban J connectivity index is 2.01. The van der Waals surface area contributed by atoms with E-state index in [1.165, 1.54) is 28.0 Å². The van der Waals surface area contributed by atoms with Gasteiger partial charge >= 0.3 is 0 Å². The lowest BCUT2D eigenvalue weighted by atomic mass is 9.82. The van der Waals surface area contributed by atoms with E-state index in [1.54, 1.807) is 0 Å². The monoisotopic (exact) mass is 325 g/mol. The van der Waals surface area contributed by atoms with Crippen LogP contribution in [-0.4, -0.2) is 5.54 Å². The van der Waals surface area contributed by atoms with Gasteiger partial charge in [-0.25, -0.2) is 0 Å². The number of benzene rings is 2. The summed E-state index contributed by atoms with van der Waals surface area (Å²) in [5.74, 6) is 0.903. The Bertz CT molecular complexity index is 851. The lowest BCUT2D eigenvalue weighted by molar-refractivity contribution is 0.223. The Morgan fingerprint density at radius 1 is 1.13 bits per heavy atom. The predicted molar refractivity (Wildman–Crippen MR) is 97.3 cm³/mol. The van der Waals surface area contributed by atoms with Crippen molar-refractivity contribution < 1.29 is 4.74 Å². The molecule has 3 heteroatoms. The van der Waals surface area contributed by atoms with E-state index in [9.17, 15) is 0 Å². The molecular weight excluding hydrogens is 306 g/mol. The summed E-state index contributed by atoms with van der Waals surface area (Å²) in [7, 11) is 0. The summed E-state index contributed by atoms with van der Waals surface area (Å²) in [5.41, 5.74) is 7.23. The first kappa shape index (κ1) is 14.6. The highest BCUT2D eigenvalue weighted by atomic mass is 35.5. The van der Waals surface area contributed by atoms with E-state index in [1.807, 2.05) is 18.2 Å². The van der Waals surface area contributed by atoms with Gasteiger partial charge in [0.2, 0.25) is 0 Å². The van der Waals surface area contributed by atoms with Crippen molar-refractivity contribution in [3.63, 3.8) is 0 Å². The third-order valence-electron chi connectivity index (χ3n) is 4.62. The van der Waals surface area contributed by atoms with Gasteiger partial charge in [0.1, 0.15) is 11.9 Å². The molecule has 2 aromatic carbocycles. The summed E-state index contributed by atoms with van der Waals surface area (Å²) in [4.78, 5) is 0. The zero-order valence-electron chi connectivity index (χ0n) is 13.8. The minimum absolute atomic E-state index is 0.0139. The third kappa shape index (κ3) is 2.24. The molecule has 2 nitrogen and oxygen atoms in total. The van der Waals surface area contributed by atoms with Crippen molar-refractivity contribution in [3.8, 4) is 16.9 Å². The first-order valence-electron chi connectivity index (χ1n) is 7.97. The summed E-state index contributed by atoms with van der Waals surface area (Å²) in [6.07, 6.45) is 2.30. The molecule has 23 heavy (non-hydrogen) atoms. The number of fused-ring (bicyclic) bond motifs is 5. The van der Waals surface area contributed by atoms with Gasteiger partial charge in [0.05, 0.1) is 5.54 Å². The van der Waals surface area contributed by atoms with Crippen LogP contribution in [0.4, 0.5) is 5.69 Å². The summed E-state index contributed by atoms with van der Waals surface area (Å²) < 4.78 is 6.17. The van der Waals surface area contributed by atoms with Gasteiger partial charge in [-0.05, 0) is 63.1 Å². The minimum Gasteiger partial charge on any atom is -0.485 e. The van der Waals surface area contributed by atoms with Crippen molar-refractivity contribution in [1.29, 1.82) is 0 Å². The highest BCUT2D eigenvalue weighted by molar-refractivity contribution is 6.31. The normalized spacial score (nSPS) is 20.4. The van der Waals surface area contributed by atoms with E-state index in [-0.39, 0.29) is 11.6 Å². The van der Waals surface area contributed by atoms with E-state index >= 15 is 0 Å². The largest absolute Gasteiger partial charge is 0.485 e. The maximum atomic E-state index is 6.21. The minimum atomic E-state index is -0.0364. The fourth-order valence-electron chi connectivity index (χ4n) is 3.87. The van der Waals surface area contributed by atoms with Crippen molar-refractivity contribution >= 4 is 22.9 Å². The summed E-state index contributed by atoms with van der Waals surface area (Å²) in [5, 5.41) is 4.35. The molecule has 2 aromatic rings. The van der Waals surface area contributed by atoms with Gasteiger partial charge in [-0.1, -0.05) is 23.7 Å². The SMILES string of the molecule is CC1=CC(C)(C)Nc2ccc3c(c21)[C@@H](C)Oc1ccc(Cl)cc1-3. The highest BCUT2D eigenvalue weighted by Crippen LogP contribution is 2.49. The van der Waals surface area contributed by atoms with E-state index in [0.29, 0.717) is 0 Å². The molecule has 2 heterocycles. The Hall–Kier alpha value is -1.93. The number of nitrogens with one attached hydrogen (secondary N) is 1. The molecule has 0 saturated heterocycles. The second kappa shape index (κ2) is 4.78. The zero-order chi connectivity index (χ0) is 16.4. The van der Waals surface area contributed by atoms with Crippen LogP contribution in [0.5, 0.6) is 5.75 Å². The standard InChI is InChI=1S/C20H20ClNO/c1-11-10-20(3,4)22-16-7-6-14-15-9-13(21)5-8-17(15)23-12(2)19(14)18(11)16/h5-10,12,22H,1-4H3/t12-/m1/s1. The van der Waals surface area contributed by atoms with E-state index in [2.05, 4.69) is 51.2 Å². The van der Waals surface area contributed by atoms with Crippen LogP contribution in [0.2, 0.25) is 5.02 Å². The number of rotatable bonds is 0. The molecule has 2 aliphatic rings. The maximum absolute atomic E-state index is 6.21. The first-order valence-corrected chi connectivity index (χ1v) is 8.35. The van der Waals surface area contributed by atoms with Crippen LogP contribution in [-0.2, 0) is 0 Å². The van der Waals surface area contributed by atoms with E-state index in [4.69, 9.17) is 16.3 Å². The van der Waals surface area contributed by atoms with E-state index < -0.39 is 0 Å². The molecule has 0 aromatic heterocycles. The van der Waals surface area contributed by atoms with Crippen LogP contribution < -0.4 is 10.1 Å². The second-order valence-electron chi connectivity index (χ2n) is 7.02. The zero-order valence-corrected chi connectivity index (χ0v) is 14.6. The van der Waals surface area contributed by atoms with Crippen molar-refractivity contribution in [1.82, 2.24) is 0 Å². The van der Waals surface area contributed by atoms with Crippen molar-refractivity contribution in [2.45, 2.75) is 39.3 Å². The molecule has 0 fully saturated rings. The van der Waals surface area contributed by atoms with Gasteiger partial charge in [-0.2, -0.15) is 0 Å². The maximum Gasteiger partial charge on any atom is 0.128 e. The molecule has 2 aliphatic heterocycles. The molecular formula is C20H20ClNO. The Morgan fingerprint density at radius 3 is 2.70 bits per heavy atom. The smallest absolute Gasteiger partial charge is 0.128 e. The van der Waals surface area contributed by atoms with Crippen LogP contribution in [0, 0.1) is 0 Å². The summed E-state index contributed by atoms with van der Waals surface area (Å²) in [6.45, 7) is 8.67. The molecule has 0 spiro atoms. The van der Waals surface area contributed by atoms with Gasteiger partial charge in [-0.15, -0.1) is 0 Å². The number of anilines is 1. The molecule has 0 amide bonds. The lowest BCUT2D eigenvalue weighted by Gasteiger charge is -2.36. The lowest BCUT2D eigenvalue weighted by Crippen LogP contribution is -2.32. The summed E-state index contributed by atoms with van der Waals surface area (Å²) >= 11 is 6.21. The number of halogens is 1. The van der Waals surface area contributed by atoms with Crippen molar-refractivity contribution in [2.75, 3.05) is 5.32 Å². The molecule has 0 aliphatic carbocycles. The number of hydrogen-bond acceptors (Lipinski definition) is 2. The molecule has 0 saturated carbocycles. The Kier molecular flexibility index (Phi) is 3.05.